The SMILES string of the molecule is CC(C)C(=O)Cc1cn(C)cc1NC1CCOCC1. The maximum atomic E-state index is 11.9. The standard InChI is InChI=1S/C15H24N2O2/c1-11(2)15(18)8-12-9-17(3)10-14(12)16-13-4-6-19-7-5-13/h9-11,13,16H,4-8H2,1-3H3. The number of hydrogen-bond donors (Lipinski definition) is 1. The Balaban J connectivity index is 2.04. The summed E-state index contributed by atoms with van der Waals surface area (Å²) in [6.45, 7) is 5.56. The average molecular weight is 264 g/mol. The van der Waals surface area contributed by atoms with Gasteiger partial charge in [0.15, 0.2) is 0 Å². The minimum Gasteiger partial charge on any atom is -0.381 e. The van der Waals surface area contributed by atoms with Gasteiger partial charge in [-0.1, -0.05) is 13.8 Å². The fourth-order valence-electron chi connectivity index (χ4n) is 2.36. The van der Waals surface area contributed by atoms with E-state index in [1.807, 2.05) is 31.7 Å². The van der Waals surface area contributed by atoms with Gasteiger partial charge < -0.3 is 14.6 Å². The van der Waals surface area contributed by atoms with Crippen LogP contribution in [0.25, 0.3) is 0 Å². The highest BCUT2D eigenvalue weighted by Crippen LogP contribution is 2.22. The van der Waals surface area contributed by atoms with Crippen molar-refractivity contribution in [2.75, 3.05) is 18.5 Å². The Morgan fingerprint density at radius 2 is 2.11 bits per heavy atom. The van der Waals surface area contributed by atoms with Gasteiger partial charge in [-0.05, 0) is 12.8 Å². The largest absolute Gasteiger partial charge is 0.381 e. The Bertz CT molecular complexity index is 431. The van der Waals surface area contributed by atoms with E-state index in [0.29, 0.717) is 18.2 Å². The van der Waals surface area contributed by atoms with Crippen LogP contribution >= 0.6 is 0 Å². The van der Waals surface area contributed by atoms with E-state index >= 15 is 0 Å². The van der Waals surface area contributed by atoms with Gasteiger partial charge in [-0.2, -0.15) is 0 Å². The summed E-state index contributed by atoms with van der Waals surface area (Å²) in [5, 5.41) is 3.56. The molecule has 1 aromatic rings. The first-order valence-electron chi connectivity index (χ1n) is 7.08. The van der Waals surface area contributed by atoms with Crippen LogP contribution in [0, 0.1) is 5.92 Å². The molecule has 0 amide bonds. The van der Waals surface area contributed by atoms with E-state index in [4.69, 9.17) is 4.74 Å². The quantitative estimate of drug-likeness (QED) is 0.888. The molecule has 4 heteroatoms. The van der Waals surface area contributed by atoms with Crippen molar-refractivity contribution in [2.24, 2.45) is 13.0 Å². The van der Waals surface area contributed by atoms with Gasteiger partial charge in [-0.25, -0.2) is 0 Å². The topological polar surface area (TPSA) is 43.3 Å². The number of aryl methyl sites for hydroxylation is 1. The second kappa shape index (κ2) is 6.24. The second-order valence-corrected chi connectivity index (χ2v) is 5.69. The molecule has 0 bridgehead atoms. The van der Waals surface area contributed by atoms with Crippen molar-refractivity contribution in [2.45, 2.75) is 39.2 Å². The number of hydrogen-bond acceptors (Lipinski definition) is 3. The normalized spacial score (nSPS) is 16.8. The van der Waals surface area contributed by atoms with Gasteiger partial charge in [0, 0.05) is 56.6 Å². The van der Waals surface area contributed by atoms with E-state index in [1.165, 1.54) is 0 Å². The van der Waals surface area contributed by atoms with Crippen molar-refractivity contribution in [3.8, 4) is 0 Å². The lowest BCUT2D eigenvalue weighted by atomic mass is 10.0. The molecule has 4 nitrogen and oxygen atoms in total. The third kappa shape index (κ3) is 3.83. The molecule has 2 heterocycles. The molecule has 0 saturated carbocycles. The number of ether oxygens (including phenoxy) is 1. The molecule has 0 unspecified atom stereocenters. The second-order valence-electron chi connectivity index (χ2n) is 5.69. The van der Waals surface area contributed by atoms with Gasteiger partial charge in [-0.3, -0.25) is 4.79 Å². The Kier molecular flexibility index (Phi) is 4.64. The lowest BCUT2D eigenvalue weighted by Gasteiger charge is -2.24. The Labute approximate surface area is 115 Å². The predicted octanol–water partition coefficient (Wildman–Crippen LogP) is 2.38. The molecule has 19 heavy (non-hydrogen) atoms. The summed E-state index contributed by atoms with van der Waals surface area (Å²) >= 11 is 0. The van der Waals surface area contributed by atoms with Gasteiger partial charge in [0.25, 0.3) is 0 Å². The molecule has 1 aliphatic heterocycles. The zero-order valence-corrected chi connectivity index (χ0v) is 12.1. The van der Waals surface area contributed by atoms with Crippen LogP contribution < -0.4 is 5.32 Å². The zero-order chi connectivity index (χ0) is 13.8. The number of ketones is 1. The maximum Gasteiger partial charge on any atom is 0.139 e. The van der Waals surface area contributed by atoms with Crippen LogP contribution in [0.5, 0.6) is 0 Å². The number of aromatic nitrogens is 1. The number of nitrogens with zero attached hydrogens (tertiary/aromatic N) is 1. The molecule has 0 aromatic carbocycles. The molecular formula is C15H24N2O2. The van der Waals surface area contributed by atoms with E-state index in [-0.39, 0.29) is 5.92 Å². The molecule has 1 fully saturated rings. The van der Waals surface area contributed by atoms with E-state index in [2.05, 4.69) is 11.5 Å². The van der Waals surface area contributed by atoms with Crippen LogP contribution in [0.15, 0.2) is 12.4 Å². The van der Waals surface area contributed by atoms with Crippen LogP contribution in [0.4, 0.5) is 5.69 Å². The Morgan fingerprint density at radius 3 is 2.74 bits per heavy atom. The lowest BCUT2D eigenvalue weighted by Crippen LogP contribution is -2.28. The van der Waals surface area contributed by atoms with Gasteiger partial charge in [0.1, 0.15) is 5.78 Å². The van der Waals surface area contributed by atoms with Crippen LogP contribution in [0.2, 0.25) is 0 Å². The minimum atomic E-state index is 0.0936. The molecule has 2 rings (SSSR count). The van der Waals surface area contributed by atoms with Crippen molar-refractivity contribution >= 4 is 11.5 Å². The molecule has 1 aliphatic rings. The van der Waals surface area contributed by atoms with Crippen molar-refractivity contribution in [1.82, 2.24) is 4.57 Å². The fraction of sp³-hybridized carbons (Fsp3) is 0.667. The molecule has 106 valence electrons. The third-order valence-corrected chi connectivity index (χ3v) is 3.63. The van der Waals surface area contributed by atoms with Gasteiger partial charge in [-0.15, -0.1) is 0 Å². The van der Waals surface area contributed by atoms with Crippen LogP contribution in [0.1, 0.15) is 32.3 Å². The van der Waals surface area contributed by atoms with Gasteiger partial charge >= 0.3 is 0 Å². The van der Waals surface area contributed by atoms with E-state index < -0.39 is 0 Å². The van der Waals surface area contributed by atoms with E-state index in [1.54, 1.807) is 0 Å². The monoisotopic (exact) mass is 264 g/mol. The number of anilines is 1. The number of carbonyl (C=O) groups is 1. The molecule has 1 saturated heterocycles. The fourth-order valence-corrected chi connectivity index (χ4v) is 2.36. The Morgan fingerprint density at radius 1 is 1.42 bits per heavy atom. The minimum absolute atomic E-state index is 0.0936. The molecule has 0 radical (unpaired) electrons. The van der Waals surface area contributed by atoms with Crippen molar-refractivity contribution < 1.29 is 9.53 Å². The average Bonchev–Trinajstić information content (AvgIpc) is 2.70. The molecular weight excluding hydrogens is 240 g/mol. The summed E-state index contributed by atoms with van der Waals surface area (Å²) in [7, 11) is 2.00. The lowest BCUT2D eigenvalue weighted by molar-refractivity contribution is -0.121. The van der Waals surface area contributed by atoms with Crippen LogP contribution in [0.3, 0.4) is 0 Å². The number of rotatable bonds is 5. The maximum absolute atomic E-state index is 11.9. The molecule has 0 atom stereocenters. The van der Waals surface area contributed by atoms with Crippen LogP contribution in [-0.4, -0.2) is 29.6 Å². The number of carbonyl (C=O) groups excluding carboxylic acids is 1. The summed E-state index contributed by atoms with van der Waals surface area (Å²) in [5.74, 6) is 0.386. The summed E-state index contributed by atoms with van der Waals surface area (Å²) < 4.78 is 7.39. The van der Waals surface area contributed by atoms with Gasteiger partial charge in [0.2, 0.25) is 0 Å². The molecule has 0 spiro atoms. The number of nitrogens with one attached hydrogen (secondary N) is 1. The molecule has 1 N–H and O–H groups in total. The van der Waals surface area contributed by atoms with E-state index in [0.717, 1.165) is 37.3 Å². The first kappa shape index (κ1) is 14.1. The van der Waals surface area contributed by atoms with Crippen molar-refractivity contribution in [3.05, 3.63) is 18.0 Å². The molecule has 1 aromatic heterocycles. The Hall–Kier alpha value is -1.29. The summed E-state index contributed by atoms with van der Waals surface area (Å²) in [6.07, 6.45) is 6.70. The predicted molar refractivity (Wildman–Crippen MR) is 76.4 cm³/mol. The molecule has 0 aliphatic carbocycles. The first-order chi connectivity index (χ1) is 9.06. The highest BCUT2D eigenvalue weighted by atomic mass is 16.5. The van der Waals surface area contributed by atoms with E-state index in [9.17, 15) is 4.79 Å². The summed E-state index contributed by atoms with van der Waals surface area (Å²) in [6, 6.07) is 0.462. The third-order valence-electron chi connectivity index (χ3n) is 3.63. The smallest absolute Gasteiger partial charge is 0.139 e. The zero-order valence-electron chi connectivity index (χ0n) is 12.1. The summed E-state index contributed by atoms with van der Waals surface area (Å²) in [4.78, 5) is 11.9. The first-order valence-corrected chi connectivity index (χ1v) is 7.08. The highest BCUT2D eigenvalue weighted by molar-refractivity contribution is 5.84. The van der Waals surface area contributed by atoms with Gasteiger partial charge in [0.05, 0.1) is 5.69 Å². The highest BCUT2D eigenvalue weighted by Gasteiger charge is 2.17. The summed E-state index contributed by atoms with van der Waals surface area (Å²) in [5.41, 5.74) is 2.20. The van der Waals surface area contributed by atoms with Crippen LogP contribution in [-0.2, 0) is 23.0 Å². The number of Topliss-reactive ketones (excluding diaryl/α,β-unsaturated/α-hetero) is 1. The van der Waals surface area contributed by atoms with Crippen molar-refractivity contribution in [3.63, 3.8) is 0 Å². The van der Waals surface area contributed by atoms with Crippen molar-refractivity contribution in [1.29, 1.82) is 0 Å².